The molecule has 0 bridgehead atoms. The summed E-state index contributed by atoms with van der Waals surface area (Å²) in [6, 6.07) is 5.83. The van der Waals surface area contributed by atoms with E-state index in [4.69, 9.17) is 10.5 Å². The molecule has 0 aromatic heterocycles. The first-order chi connectivity index (χ1) is 8.55. The van der Waals surface area contributed by atoms with Crippen LogP contribution in [0.25, 0.3) is 0 Å². The van der Waals surface area contributed by atoms with Crippen molar-refractivity contribution < 1.29 is 4.74 Å². The van der Waals surface area contributed by atoms with Crippen molar-refractivity contribution in [3.05, 3.63) is 18.2 Å². The monoisotopic (exact) mass is 250 g/mol. The molecular weight excluding hydrogens is 224 g/mol. The van der Waals surface area contributed by atoms with E-state index in [1.54, 1.807) is 0 Å². The van der Waals surface area contributed by atoms with Gasteiger partial charge in [-0.25, -0.2) is 0 Å². The third-order valence-electron chi connectivity index (χ3n) is 3.05. The van der Waals surface area contributed by atoms with Gasteiger partial charge in [0.1, 0.15) is 5.75 Å². The van der Waals surface area contributed by atoms with E-state index >= 15 is 0 Å². The third kappa shape index (κ3) is 4.86. The predicted molar refractivity (Wildman–Crippen MR) is 79.2 cm³/mol. The highest BCUT2D eigenvalue weighted by atomic mass is 16.5. The Morgan fingerprint density at radius 2 is 1.83 bits per heavy atom. The summed E-state index contributed by atoms with van der Waals surface area (Å²) < 4.78 is 5.68. The van der Waals surface area contributed by atoms with Crippen LogP contribution in [-0.2, 0) is 0 Å². The molecule has 102 valence electrons. The molecule has 0 amide bonds. The van der Waals surface area contributed by atoms with Crippen molar-refractivity contribution in [2.45, 2.75) is 46.6 Å². The fourth-order valence-electron chi connectivity index (χ4n) is 1.90. The summed E-state index contributed by atoms with van der Waals surface area (Å²) in [7, 11) is 0. The highest BCUT2D eigenvalue weighted by molar-refractivity contribution is 5.59. The number of benzene rings is 1. The second-order valence-corrected chi connectivity index (χ2v) is 5.02. The van der Waals surface area contributed by atoms with Crippen molar-refractivity contribution in [1.29, 1.82) is 0 Å². The molecular formula is C15H26N2O. The van der Waals surface area contributed by atoms with Crippen LogP contribution >= 0.6 is 0 Å². The van der Waals surface area contributed by atoms with Crippen LogP contribution in [-0.4, -0.2) is 12.6 Å². The van der Waals surface area contributed by atoms with E-state index < -0.39 is 0 Å². The van der Waals surface area contributed by atoms with Gasteiger partial charge < -0.3 is 15.8 Å². The molecule has 0 fully saturated rings. The lowest BCUT2D eigenvalue weighted by Crippen LogP contribution is -2.13. The van der Waals surface area contributed by atoms with Gasteiger partial charge >= 0.3 is 0 Å². The third-order valence-corrected chi connectivity index (χ3v) is 3.05. The van der Waals surface area contributed by atoms with Crippen molar-refractivity contribution >= 4 is 11.4 Å². The SMILES string of the molecule is CCC(CC)CNc1cc(N)cc(OC(C)C)c1. The second-order valence-electron chi connectivity index (χ2n) is 5.02. The molecule has 0 aliphatic heterocycles. The number of nitrogens with two attached hydrogens (primary N) is 1. The molecule has 0 saturated carbocycles. The van der Waals surface area contributed by atoms with Crippen LogP contribution in [0.15, 0.2) is 18.2 Å². The number of nitrogens with one attached hydrogen (secondary N) is 1. The summed E-state index contributed by atoms with van der Waals surface area (Å²) in [6.45, 7) is 9.46. The minimum atomic E-state index is 0.165. The van der Waals surface area contributed by atoms with Crippen LogP contribution in [0.5, 0.6) is 5.75 Å². The number of nitrogen functional groups attached to an aromatic ring is 1. The smallest absolute Gasteiger partial charge is 0.123 e. The number of rotatable bonds is 7. The highest BCUT2D eigenvalue weighted by Crippen LogP contribution is 2.24. The first-order valence-corrected chi connectivity index (χ1v) is 6.86. The molecule has 1 rings (SSSR count). The largest absolute Gasteiger partial charge is 0.491 e. The molecule has 0 unspecified atom stereocenters. The first-order valence-electron chi connectivity index (χ1n) is 6.86. The summed E-state index contributed by atoms with van der Waals surface area (Å²) in [6.07, 6.45) is 2.56. The molecule has 3 nitrogen and oxygen atoms in total. The van der Waals surface area contributed by atoms with E-state index in [-0.39, 0.29) is 6.10 Å². The summed E-state index contributed by atoms with van der Waals surface area (Å²) in [4.78, 5) is 0. The zero-order chi connectivity index (χ0) is 13.5. The van der Waals surface area contributed by atoms with Crippen molar-refractivity contribution in [2.75, 3.05) is 17.6 Å². The quantitative estimate of drug-likeness (QED) is 0.721. The standard InChI is InChI=1S/C15H26N2O/c1-5-12(6-2)10-17-14-7-13(16)8-15(9-14)18-11(3)4/h7-9,11-12,17H,5-6,10,16H2,1-4H3. The second kappa shape index (κ2) is 7.14. The van der Waals surface area contributed by atoms with Crippen LogP contribution in [0.3, 0.4) is 0 Å². The molecule has 3 N–H and O–H groups in total. The molecule has 0 saturated heterocycles. The van der Waals surface area contributed by atoms with Gasteiger partial charge in [-0.3, -0.25) is 0 Å². The van der Waals surface area contributed by atoms with E-state index in [2.05, 4.69) is 19.2 Å². The Morgan fingerprint density at radius 3 is 2.39 bits per heavy atom. The fraction of sp³-hybridized carbons (Fsp3) is 0.600. The number of hydrogen-bond donors (Lipinski definition) is 2. The number of anilines is 2. The number of ether oxygens (including phenoxy) is 1. The summed E-state index contributed by atoms with van der Waals surface area (Å²) in [5, 5.41) is 3.44. The van der Waals surface area contributed by atoms with Gasteiger partial charge in [0.2, 0.25) is 0 Å². The van der Waals surface area contributed by atoms with Gasteiger partial charge in [0.15, 0.2) is 0 Å². The lowest BCUT2D eigenvalue weighted by Gasteiger charge is -2.16. The van der Waals surface area contributed by atoms with Crippen LogP contribution in [0.2, 0.25) is 0 Å². The normalized spacial score (nSPS) is 11.0. The average Bonchev–Trinajstić information content (AvgIpc) is 2.28. The van der Waals surface area contributed by atoms with Gasteiger partial charge in [-0.05, 0) is 25.8 Å². The molecule has 0 aliphatic rings. The van der Waals surface area contributed by atoms with E-state index in [0.717, 1.165) is 23.7 Å². The maximum atomic E-state index is 5.89. The Hall–Kier alpha value is -1.38. The molecule has 1 aromatic rings. The molecule has 0 atom stereocenters. The van der Waals surface area contributed by atoms with Gasteiger partial charge in [-0.2, -0.15) is 0 Å². The maximum absolute atomic E-state index is 5.89. The molecule has 0 aliphatic carbocycles. The van der Waals surface area contributed by atoms with Crippen LogP contribution < -0.4 is 15.8 Å². The van der Waals surface area contributed by atoms with Crippen LogP contribution in [0, 0.1) is 5.92 Å². The predicted octanol–water partition coefficient (Wildman–Crippen LogP) is 3.90. The molecule has 0 spiro atoms. The van der Waals surface area contributed by atoms with E-state index in [9.17, 15) is 0 Å². The molecule has 3 heteroatoms. The Morgan fingerprint density at radius 1 is 1.17 bits per heavy atom. The van der Waals surface area contributed by atoms with Gasteiger partial charge in [-0.1, -0.05) is 26.7 Å². The Balaban J connectivity index is 2.67. The first kappa shape index (κ1) is 14.7. The Bertz CT molecular complexity index is 360. The topological polar surface area (TPSA) is 47.3 Å². The van der Waals surface area contributed by atoms with Crippen LogP contribution in [0.4, 0.5) is 11.4 Å². The minimum Gasteiger partial charge on any atom is -0.491 e. The molecule has 1 aromatic carbocycles. The summed E-state index contributed by atoms with van der Waals surface area (Å²) >= 11 is 0. The maximum Gasteiger partial charge on any atom is 0.123 e. The molecule has 0 heterocycles. The van der Waals surface area contributed by atoms with Crippen molar-refractivity contribution in [3.63, 3.8) is 0 Å². The summed E-state index contributed by atoms with van der Waals surface area (Å²) in [5.74, 6) is 1.54. The van der Waals surface area contributed by atoms with Crippen molar-refractivity contribution in [3.8, 4) is 5.75 Å². The zero-order valence-electron chi connectivity index (χ0n) is 12.0. The number of hydrogen-bond acceptors (Lipinski definition) is 3. The van der Waals surface area contributed by atoms with E-state index in [1.807, 2.05) is 32.0 Å². The highest BCUT2D eigenvalue weighted by Gasteiger charge is 2.05. The van der Waals surface area contributed by atoms with Gasteiger partial charge in [-0.15, -0.1) is 0 Å². The molecule has 18 heavy (non-hydrogen) atoms. The zero-order valence-corrected chi connectivity index (χ0v) is 12.0. The van der Waals surface area contributed by atoms with E-state index in [1.165, 1.54) is 12.8 Å². The van der Waals surface area contributed by atoms with E-state index in [0.29, 0.717) is 5.92 Å². The summed E-state index contributed by atoms with van der Waals surface area (Å²) in [5.41, 5.74) is 7.66. The average molecular weight is 250 g/mol. The minimum absolute atomic E-state index is 0.165. The van der Waals surface area contributed by atoms with Gasteiger partial charge in [0, 0.05) is 30.1 Å². The Kier molecular flexibility index (Phi) is 5.83. The fourth-order valence-corrected chi connectivity index (χ4v) is 1.90. The lowest BCUT2D eigenvalue weighted by atomic mass is 10.0. The van der Waals surface area contributed by atoms with Crippen molar-refractivity contribution in [1.82, 2.24) is 0 Å². The van der Waals surface area contributed by atoms with Crippen molar-refractivity contribution in [2.24, 2.45) is 5.92 Å². The van der Waals surface area contributed by atoms with Crippen LogP contribution in [0.1, 0.15) is 40.5 Å². The molecule has 0 radical (unpaired) electrons. The van der Waals surface area contributed by atoms with Gasteiger partial charge in [0.05, 0.1) is 6.10 Å². The lowest BCUT2D eigenvalue weighted by molar-refractivity contribution is 0.242. The van der Waals surface area contributed by atoms with Gasteiger partial charge in [0.25, 0.3) is 0 Å². The Labute approximate surface area is 111 Å².